The molecule has 3 N–H and O–H groups in total. The Morgan fingerprint density at radius 1 is 1.38 bits per heavy atom. The number of amides is 1. The number of ether oxygens (including phenoxy) is 1. The summed E-state index contributed by atoms with van der Waals surface area (Å²) in [6.07, 6.45) is 1.80. The molecule has 3 rings (SSSR count). The minimum atomic E-state index is -1.02. The summed E-state index contributed by atoms with van der Waals surface area (Å²) in [7, 11) is 0. The first-order chi connectivity index (χ1) is 11.5. The molecule has 2 heterocycles. The van der Waals surface area contributed by atoms with Gasteiger partial charge in [0.25, 0.3) is 5.91 Å². The van der Waals surface area contributed by atoms with Gasteiger partial charge < -0.3 is 24.7 Å². The van der Waals surface area contributed by atoms with Crippen LogP contribution in [0.5, 0.6) is 0 Å². The number of aryl methyl sites for hydroxylation is 1. The lowest BCUT2D eigenvalue weighted by Gasteiger charge is -2.34. The van der Waals surface area contributed by atoms with Gasteiger partial charge in [-0.2, -0.15) is 0 Å². The van der Waals surface area contributed by atoms with Crippen molar-refractivity contribution in [3.8, 4) is 0 Å². The van der Waals surface area contributed by atoms with Crippen LogP contribution in [0.2, 0.25) is 0 Å². The Balaban J connectivity index is 1.76. The highest BCUT2D eigenvalue weighted by Crippen LogP contribution is 2.36. The first-order valence-electron chi connectivity index (χ1n) is 8.37. The Labute approximate surface area is 139 Å². The third-order valence-corrected chi connectivity index (χ3v) is 4.95. The van der Waals surface area contributed by atoms with Crippen molar-refractivity contribution in [1.29, 1.82) is 0 Å². The lowest BCUT2D eigenvalue weighted by Crippen LogP contribution is -2.54. The number of hydrogen-bond donors (Lipinski definition) is 3. The predicted octanol–water partition coefficient (Wildman–Crippen LogP) is 0.456. The van der Waals surface area contributed by atoms with Gasteiger partial charge in [0.1, 0.15) is 23.5 Å². The maximum absolute atomic E-state index is 12.5. The van der Waals surface area contributed by atoms with Crippen LogP contribution in [-0.4, -0.2) is 47.6 Å². The van der Waals surface area contributed by atoms with E-state index in [4.69, 9.17) is 14.3 Å². The largest absolute Gasteiger partial charge is 0.427 e. The van der Waals surface area contributed by atoms with Gasteiger partial charge in [-0.05, 0) is 37.8 Å². The number of aliphatic hydroxyl groups is 2. The van der Waals surface area contributed by atoms with E-state index < -0.39 is 29.8 Å². The van der Waals surface area contributed by atoms with Crippen molar-refractivity contribution < 1.29 is 24.2 Å². The summed E-state index contributed by atoms with van der Waals surface area (Å²) in [5.74, 6) is 0.354. The van der Waals surface area contributed by atoms with E-state index in [0.29, 0.717) is 24.4 Å². The molecule has 0 radical (unpaired) electrons. The topological polar surface area (TPSA) is 109 Å². The van der Waals surface area contributed by atoms with E-state index in [1.54, 1.807) is 13.0 Å². The zero-order valence-corrected chi connectivity index (χ0v) is 13.7. The lowest BCUT2D eigenvalue weighted by molar-refractivity contribution is -0.107. The average Bonchev–Trinajstić information content (AvgIpc) is 2.47. The number of nitrogens with one attached hydrogen (secondary N) is 1. The maximum atomic E-state index is 12.5. The molecule has 1 saturated heterocycles. The van der Waals surface area contributed by atoms with E-state index in [-0.39, 0.29) is 18.1 Å². The van der Waals surface area contributed by atoms with Crippen LogP contribution in [0.4, 0.5) is 0 Å². The Hall–Kier alpha value is -1.70. The summed E-state index contributed by atoms with van der Waals surface area (Å²) in [5.41, 5.74) is -0.0992. The Morgan fingerprint density at radius 2 is 2.12 bits per heavy atom. The molecule has 0 spiro atoms. The van der Waals surface area contributed by atoms with E-state index in [0.717, 1.165) is 19.3 Å². The fourth-order valence-electron chi connectivity index (χ4n) is 3.23. The highest BCUT2D eigenvalue weighted by Gasteiger charge is 2.34. The number of hydrogen-bond acceptors (Lipinski definition) is 6. The third-order valence-electron chi connectivity index (χ3n) is 4.95. The van der Waals surface area contributed by atoms with E-state index >= 15 is 0 Å². The van der Waals surface area contributed by atoms with Gasteiger partial charge in [0.2, 0.25) is 0 Å². The number of carbonyl (C=O) groups excluding carboxylic acids is 1. The van der Waals surface area contributed by atoms with Gasteiger partial charge >= 0.3 is 5.63 Å². The van der Waals surface area contributed by atoms with E-state index in [1.807, 2.05) is 0 Å². The van der Waals surface area contributed by atoms with Crippen LogP contribution in [-0.2, 0) is 4.74 Å². The molecule has 7 nitrogen and oxygen atoms in total. The predicted molar refractivity (Wildman–Crippen MR) is 85.0 cm³/mol. The molecule has 1 aliphatic heterocycles. The van der Waals surface area contributed by atoms with Gasteiger partial charge in [0.05, 0.1) is 12.6 Å². The quantitative estimate of drug-likeness (QED) is 0.736. The summed E-state index contributed by atoms with van der Waals surface area (Å²) >= 11 is 0. The zero-order chi connectivity index (χ0) is 17.3. The average molecular weight is 337 g/mol. The zero-order valence-electron chi connectivity index (χ0n) is 13.7. The molecule has 1 aromatic heterocycles. The minimum Gasteiger partial charge on any atom is -0.427 e. The van der Waals surface area contributed by atoms with E-state index in [9.17, 15) is 14.7 Å². The smallest absolute Gasteiger partial charge is 0.349 e. The molecule has 1 aromatic rings. The molecular formula is C17H23NO6. The van der Waals surface area contributed by atoms with Crippen molar-refractivity contribution in [1.82, 2.24) is 5.32 Å². The van der Waals surface area contributed by atoms with Crippen LogP contribution in [0.15, 0.2) is 15.3 Å². The fraction of sp³-hybridized carbons (Fsp3) is 0.647. The summed E-state index contributed by atoms with van der Waals surface area (Å²) in [4.78, 5) is 24.7. The fourth-order valence-corrected chi connectivity index (χ4v) is 3.23. The summed E-state index contributed by atoms with van der Waals surface area (Å²) in [6, 6.07) is 1.19. The Kier molecular flexibility index (Phi) is 5.03. The minimum absolute atomic E-state index is 0.0303. The second kappa shape index (κ2) is 7.04. The number of rotatable bonds is 4. The van der Waals surface area contributed by atoms with Crippen LogP contribution in [0.25, 0.3) is 0 Å². The lowest BCUT2D eigenvalue weighted by atomic mass is 9.83. The van der Waals surface area contributed by atoms with Crippen molar-refractivity contribution in [2.75, 3.05) is 13.2 Å². The van der Waals surface area contributed by atoms with Gasteiger partial charge in [0.15, 0.2) is 0 Å². The molecule has 1 amide bonds. The summed E-state index contributed by atoms with van der Waals surface area (Å²) in [6.45, 7) is 1.71. The van der Waals surface area contributed by atoms with E-state index in [2.05, 4.69) is 5.32 Å². The molecule has 24 heavy (non-hydrogen) atoms. The molecule has 3 atom stereocenters. The normalized spacial score (nSPS) is 27.5. The van der Waals surface area contributed by atoms with Gasteiger partial charge in [-0.3, -0.25) is 4.79 Å². The van der Waals surface area contributed by atoms with Gasteiger partial charge in [0, 0.05) is 12.5 Å². The molecule has 7 heteroatoms. The molecule has 132 valence electrons. The maximum Gasteiger partial charge on any atom is 0.349 e. The van der Waals surface area contributed by atoms with Crippen LogP contribution < -0.4 is 10.9 Å². The van der Waals surface area contributed by atoms with Gasteiger partial charge in [-0.25, -0.2) is 4.79 Å². The van der Waals surface area contributed by atoms with Crippen molar-refractivity contribution in [2.45, 2.75) is 56.8 Å². The summed E-state index contributed by atoms with van der Waals surface area (Å²) in [5, 5.41) is 22.0. The van der Waals surface area contributed by atoms with Crippen LogP contribution >= 0.6 is 0 Å². The molecular weight excluding hydrogens is 314 g/mol. The molecule has 1 saturated carbocycles. The molecule has 0 bridgehead atoms. The first-order valence-corrected chi connectivity index (χ1v) is 8.37. The molecule has 0 aromatic carbocycles. The molecule has 1 aliphatic carbocycles. The van der Waals surface area contributed by atoms with Crippen LogP contribution in [0, 0.1) is 6.92 Å². The summed E-state index contributed by atoms with van der Waals surface area (Å²) < 4.78 is 10.6. The van der Waals surface area contributed by atoms with E-state index in [1.165, 1.54) is 0 Å². The van der Waals surface area contributed by atoms with Crippen molar-refractivity contribution in [3.05, 3.63) is 33.4 Å². The number of carbonyl (C=O) groups is 1. The standard InChI is InChI=1S/C17H23NO6/c1-9-7-12(10-3-2-4-10)24-17(22)14(9)16(21)18-11-5-6-23-13(8-19)15(11)20/h7,10-11,13,15,19-20H,2-6,8H2,1H3,(H,18,21)/t11-,13+,15-/m0/s1. The van der Waals surface area contributed by atoms with Gasteiger partial charge in [-0.15, -0.1) is 0 Å². The molecule has 2 aliphatic rings. The first kappa shape index (κ1) is 17.1. The number of aliphatic hydroxyl groups excluding tert-OH is 2. The highest BCUT2D eigenvalue weighted by molar-refractivity contribution is 5.95. The second-order valence-electron chi connectivity index (χ2n) is 6.57. The molecule has 2 fully saturated rings. The van der Waals surface area contributed by atoms with Crippen molar-refractivity contribution >= 4 is 5.91 Å². The Bertz CT molecular complexity index is 666. The van der Waals surface area contributed by atoms with Crippen LogP contribution in [0.3, 0.4) is 0 Å². The monoisotopic (exact) mass is 337 g/mol. The third kappa shape index (κ3) is 3.24. The SMILES string of the molecule is Cc1cc(C2CCC2)oc(=O)c1C(=O)N[C@H]1CCO[C@H](CO)[C@H]1O. The van der Waals surface area contributed by atoms with Crippen molar-refractivity contribution in [3.63, 3.8) is 0 Å². The highest BCUT2D eigenvalue weighted by atomic mass is 16.5. The second-order valence-corrected chi connectivity index (χ2v) is 6.57. The Morgan fingerprint density at radius 3 is 2.71 bits per heavy atom. The molecule has 0 unspecified atom stereocenters. The van der Waals surface area contributed by atoms with Gasteiger partial charge in [-0.1, -0.05) is 6.42 Å². The van der Waals surface area contributed by atoms with Crippen LogP contribution in [0.1, 0.15) is 53.3 Å². The van der Waals surface area contributed by atoms with Crippen molar-refractivity contribution in [2.24, 2.45) is 0 Å².